The fraction of sp³-hybridized carbons (Fsp3) is 0.0909. The number of ether oxygens (including phenoxy) is 1. The van der Waals surface area contributed by atoms with E-state index in [2.05, 4.69) is 31.0 Å². The van der Waals surface area contributed by atoms with Crippen LogP contribution in [0.5, 0.6) is 5.75 Å². The minimum atomic E-state index is -0.329. The highest BCUT2D eigenvalue weighted by atomic mass is 16.5. The van der Waals surface area contributed by atoms with E-state index in [1.165, 1.54) is 6.33 Å². The van der Waals surface area contributed by atoms with Crippen LogP contribution in [0.15, 0.2) is 79.4 Å². The molecule has 0 aliphatic heterocycles. The standard InChI is InChI=1S/C22H21N7O2/c1-2-31-19-10-8-18(9-11-19)28-22(30)27-17-6-4-16(5-7-17)26-20-14-21(24-15-23-20)29-13-3-12-25-29/h3-15H,2H2,1H3,(H,23,24,26)(H2,27,28,30). The molecule has 0 bridgehead atoms. The molecule has 0 unspecified atom stereocenters. The Morgan fingerprint density at radius 1 is 0.968 bits per heavy atom. The lowest BCUT2D eigenvalue weighted by molar-refractivity contribution is 0.262. The summed E-state index contributed by atoms with van der Waals surface area (Å²) in [5.41, 5.74) is 2.16. The molecule has 0 radical (unpaired) electrons. The van der Waals surface area contributed by atoms with Crippen molar-refractivity contribution in [3.8, 4) is 11.6 Å². The fourth-order valence-corrected chi connectivity index (χ4v) is 2.82. The number of amides is 2. The van der Waals surface area contributed by atoms with Gasteiger partial charge in [-0.3, -0.25) is 0 Å². The lowest BCUT2D eigenvalue weighted by atomic mass is 10.2. The van der Waals surface area contributed by atoms with Crippen LogP contribution in [0.2, 0.25) is 0 Å². The first-order valence-electron chi connectivity index (χ1n) is 9.69. The highest BCUT2D eigenvalue weighted by Gasteiger charge is 2.05. The van der Waals surface area contributed by atoms with E-state index in [4.69, 9.17) is 4.74 Å². The van der Waals surface area contributed by atoms with Gasteiger partial charge in [0.15, 0.2) is 5.82 Å². The van der Waals surface area contributed by atoms with E-state index in [9.17, 15) is 4.79 Å². The van der Waals surface area contributed by atoms with Gasteiger partial charge < -0.3 is 20.7 Å². The van der Waals surface area contributed by atoms with Crippen molar-refractivity contribution in [3.05, 3.63) is 79.4 Å². The van der Waals surface area contributed by atoms with Gasteiger partial charge >= 0.3 is 6.03 Å². The molecule has 4 rings (SSSR count). The number of aromatic nitrogens is 4. The quantitative estimate of drug-likeness (QED) is 0.412. The third-order valence-electron chi connectivity index (χ3n) is 4.23. The molecule has 3 N–H and O–H groups in total. The number of urea groups is 1. The number of hydrogen-bond acceptors (Lipinski definition) is 6. The second kappa shape index (κ2) is 9.40. The molecule has 2 amide bonds. The van der Waals surface area contributed by atoms with Crippen LogP contribution in [0.3, 0.4) is 0 Å². The SMILES string of the molecule is CCOc1ccc(NC(=O)Nc2ccc(Nc3cc(-n4cccn4)ncn3)cc2)cc1. The second-order valence-corrected chi connectivity index (χ2v) is 6.45. The van der Waals surface area contributed by atoms with E-state index in [-0.39, 0.29) is 6.03 Å². The topological polar surface area (TPSA) is 106 Å². The normalized spacial score (nSPS) is 10.4. The molecule has 9 heteroatoms. The van der Waals surface area contributed by atoms with Gasteiger partial charge in [-0.05, 0) is 61.5 Å². The summed E-state index contributed by atoms with van der Waals surface area (Å²) < 4.78 is 7.05. The van der Waals surface area contributed by atoms with Gasteiger partial charge in [0.1, 0.15) is 17.9 Å². The van der Waals surface area contributed by atoms with Crippen molar-refractivity contribution < 1.29 is 9.53 Å². The maximum atomic E-state index is 12.2. The zero-order chi connectivity index (χ0) is 21.5. The molecule has 0 aliphatic carbocycles. The third kappa shape index (κ3) is 5.36. The second-order valence-electron chi connectivity index (χ2n) is 6.45. The van der Waals surface area contributed by atoms with Crippen LogP contribution < -0.4 is 20.7 Å². The molecule has 0 fully saturated rings. The summed E-state index contributed by atoms with van der Waals surface area (Å²) in [6.07, 6.45) is 4.97. The van der Waals surface area contributed by atoms with Gasteiger partial charge in [0.05, 0.1) is 6.61 Å². The summed E-state index contributed by atoms with van der Waals surface area (Å²) in [4.78, 5) is 20.7. The summed E-state index contributed by atoms with van der Waals surface area (Å²) in [5.74, 6) is 2.05. The average Bonchev–Trinajstić information content (AvgIpc) is 3.32. The molecule has 0 saturated heterocycles. The highest BCUT2D eigenvalue weighted by Crippen LogP contribution is 2.19. The van der Waals surface area contributed by atoms with E-state index in [0.29, 0.717) is 29.6 Å². The highest BCUT2D eigenvalue weighted by molar-refractivity contribution is 5.99. The molecule has 0 spiro atoms. The summed E-state index contributed by atoms with van der Waals surface area (Å²) in [6.45, 7) is 2.52. The van der Waals surface area contributed by atoms with E-state index < -0.39 is 0 Å². The minimum absolute atomic E-state index is 0.329. The van der Waals surface area contributed by atoms with Gasteiger partial charge in [-0.1, -0.05) is 0 Å². The Morgan fingerprint density at radius 3 is 2.29 bits per heavy atom. The maximum Gasteiger partial charge on any atom is 0.323 e. The first-order valence-corrected chi connectivity index (χ1v) is 9.69. The van der Waals surface area contributed by atoms with Gasteiger partial charge in [0.25, 0.3) is 0 Å². The molecular weight excluding hydrogens is 394 g/mol. The smallest absolute Gasteiger partial charge is 0.323 e. The third-order valence-corrected chi connectivity index (χ3v) is 4.23. The predicted molar refractivity (Wildman–Crippen MR) is 119 cm³/mol. The monoisotopic (exact) mass is 415 g/mol. The molecule has 4 aromatic rings. The van der Waals surface area contributed by atoms with Gasteiger partial charge in [0.2, 0.25) is 0 Å². The Bertz CT molecular complexity index is 1130. The zero-order valence-electron chi connectivity index (χ0n) is 16.8. The van der Waals surface area contributed by atoms with Gasteiger partial charge in [-0.2, -0.15) is 5.10 Å². The summed E-state index contributed by atoms with van der Waals surface area (Å²) in [6, 6.07) is 17.8. The number of carbonyl (C=O) groups excluding carboxylic acids is 1. The van der Waals surface area contributed by atoms with Crippen molar-refractivity contribution in [3.63, 3.8) is 0 Å². The molecule has 2 aromatic carbocycles. The minimum Gasteiger partial charge on any atom is -0.494 e. The summed E-state index contributed by atoms with van der Waals surface area (Å²) in [5, 5.41) is 13.0. The number of benzene rings is 2. The Morgan fingerprint density at radius 2 is 1.65 bits per heavy atom. The van der Waals surface area contributed by atoms with Gasteiger partial charge in [-0.25, -0.2) is 19.4 Å². The van der Waals surface area contributed by atoms with Crippen molar-refractivity contribution in [1.82, 2.24) is 19.7 Å². The average molecular weight is 415 g/mol. The molecule has 0 aliphatic rings. The lowest BCUT2D eigenvalue weighted by Crippen LogP contribution is -2.19. The molecule has 0 saturated carbocycles. The molecule has 0 atom stereocenters. The Hall–Kier alpha value is -4.40. The van der Waals surface area contributed by atoms with Crippen molar-refractivity contribution in [1.29, 1.82) is 0 Å². The van der Waals surface area contributed by atoms with Gasteiger partial charge in [0, 0.05) is 35.5 Å². The largest absolute Gasteiger partial charge is 0.494 e. The number of anilines is 4. The van der Waals surface area contributed by atoms with E-state index in [1.807, 2.05) is 43.5 Å². The van der Waals surface area contributed by atoms with Crippen LogP contribution in [0.1, 0.15) is 6.92 Å². The van der Waals surface area contributed by atoms with Crippen molar-refractivity contribution in [2.24, 2.45) is 0 Å². The lowest BCUT2D eigenvalue weighted by Gasteiger charge is -2.10. The molecule has 2 aromatic heterocycles. The van der Waals surface area contributed by atoms with Crippen molar-refractivity contribution in [2.75, 3.05) is 22.6 Å². The summed E-state index contributed by atoms with van der Waals surface area (Å²) in [7, 11) is 0. The first-order chi connectivity index (χ1) is 15.2. The van der Waals surface area contributed by atoms with E-state index in [0.717, 1.165) is 11.4 Å². The number of nitrogens with zero attached hydrogens (tertiary/aromatic N) is 4. The first kappa shape index (κ1) is 19.9. The van der Waals surface area contributed by atoms with Crippen LogP contribution in [0.4, 0.5) is 27.7 Å². The predicted octanol–water partition coefficient (Wildman–Crippen LogP) is 4.45. The Labute approximate surface area is 179 Å². The Kier molecular flexibility index (Phi) is 6.03. The van der Waals surface area contributed by atoms with Crippen molar-refractivity contribution in [2.45, 2.75) is 6.92 Å². The van der Waals surface area contributed by atoms with Gasteiger partial charge in [-0.15, -0.1) is 0 Å². The molecule has 9 nitrogen and oxygen atoms in total. The van der Waals surface area contributed by atoms with Crippen LogP contribution in [0.25, 0.3) is 5.82 Å². The molecule has 156 valence electrons. The molecule has 31 heavy (non-hydrogen) atoms. The molecular formula is C22H21N7O2. The number of carbonyl (C=O) groups is 1. The number of nitrogens with one attached hydrogen (secondary N) is 3. The number of hydrogen-bond donors (Lipinski definition) is 3. The van der Waals surface area contributed by atoms with E-state index >= 15 is 0 Å². The summed E-state index contributed by atoms with van der Waals surface area (Å²) >= 11 is 0. The Balaban J connectivity index is 1.34. The fourth-order valence-electron chi connectivity index (χ4n) is 2.82. The zero-order valence-corrected chi connectivity index (χ0v) is 16.8. The van der Waals surface area contributed by atoms with Crippen LogP contribution >= 0.6 is 0 Å². The van der Waals surface area contributed by atoms with Crippen LogP contribution in [-0.2, 0) is 0 Å². The molecule has 2 heterocycles. The van der Waals surface area contributed by atoms with E-state index in [1.54, 1.807) is 41.2 Å². The maximum absolute atomic E-state index is 12.2. The van der Waals surface area contributed by atoms with Crippen LogP contribution in [0, 0.1) is 0 Å². The van der Waals surface area contributed by atoms with Crippen LogP contribution in [-0.4, -0.2) is 32.4 Å². The number of rotatable bonds is 7. The van der Waals surface area contributed by atoms with Crippen molar-refractivity contribution >= 4 is 28.9 Å².